The number of esters is 1. The summed E-state index contributed by atoms with van der Waals surface area (Å²) in [6.07, 6.45) is -0.361. The van der Waals surface area contributed by atoms with E-state index in [2.05, 4.69) is 0 Å². The summed E-state index contributed by atoms with van der Waals surface area (Å²) in [6.45, 7) is 7.48. The maximum Gasteiger partial charge on any atom is 0.357 e. The zero-order valence-electron chi connectivity index (χ0n) is 8.33. The Balaban J connectivity index is 2.50. The zero-order valence-corrected chi connectivity index (χ0v) is 9.09. The first-order valence-electron chi connectivity index (χ1n) is 4.45. The van der Waals surface area contributed by atoms with Gasteiger partial charge in [0.15, 0.2) is 0 Å². The molecule has 0 aliphatic carbocycles. The van der Waals surface area contributed by atoms with Gasteiger partial charge in [-0.25, -0.2) is 4.79 Å². The van der Waals surface area contributed by atoms with Crippen LogP contribution in [0.3, 0.4) is 0 Å². The molecule has 1 heterocycles. The van der Waals surface area contributed by atoms with Crippen LogP contribution in [0.2, 0.25) is 0 Å². The maximum absolute atomic E-state index is 11.4. The summed E-state index contributed by atoms with van der Waals surface area (Å²) in [5, 5.41) is -1.21. The van der Waals surface area contributed by atoms with E-state index in [-0.39, 0.29) is 18.1 Å². The van der Waals surface area contributed by atoms with Crippen molar-refractivity contribution in [2.45, 2.75) is 45.0 Å². The number of alkyl halides is 1. The largest absolute Gasteiger partial charge is 0.460 e. The van der Waals surface area contributed by atoms with Crippen LogP contribution in [0.1, 0.15) is 27.7 Å². The Hall–Kier alpha value is -0.280. The minimum Gasteiger partial charge on any atom is -0.460 e. The summed E-state index contributed by atoms with van der Waals surface area (Å²) >= 11 is 5.90. The second kappa shape index (κ2) is 3.46. The summed E-state index contributed by atoms with van der Waals surface area (Å²) in [5.74, 6) is -0.236. The highest BCUT2D eigenvalue weighted by Gasteiger charge is 2.64. The molecule has 4 heteroatoms. The van der Waals surface area contributed by atoms with Crippen LogP contribution in [0, 0.1) is 5.92 Å². The van der Waals surface area contributed by atoms with Crippen LogP contribution in [0.15, 0.2) is 0 Å². The van der Waals surface area contributed by atoms with Gasteiger partial charge in [0, 0.05) is 0 Å². The number of ether oxygens (including phenoxy) is 2. The van der Waals surface area contributed by atoms with Gasteiger partial charge in [-0.2, -0.15) is 0 Å². The van der Waals surface area contributed by atoms with Crippen LogP contribution in [-0.2, 0) is 14.3 Å². The van der Waals surface area contributed by atoms with E-state index in [0.717, 1.165) is 0 Å². The van der Waals surface area contributed by atoms with E-state index in [4.69, 9.17) is 21.1 Å². The lowest BCUT2D eigenvalue weighted by molar-refractivity contribution is -0.150. The molecular formula is C9H15ClO3. The first kappa shape index (κ1) is 10.8. The second-order valence-corrected chi connectivity index (χ2v) is 4.44. The third-order valence-electron chi connectivity index (χ3n) is 1.83. The Morgan fingerprint density at radius 2 is 2.00 bits per heavy atom. The van der Waals surface area contributed by atoms with Crippen LogP contribution in [0.5, 0.6) is 0 Å². The highest BCUT2D eigenvalue weighted by atomic mass is 35.5. The highest BCUT2D eigenvalue weighted by molar-refractivity contribution is 6.35. The third kappa shape index (κ3) is 2.15. The molecule has 0 N–H and O–H groups in total. The van der Waals surface area contributed by atoms with Crippen molar-refractivity contribution in [1.82, 2.24) is 0 Å². The van der Waals surface area contributed by atoms with Crippen LogP contribution in [-0.4, -0.2) is 23.2 Å². The molecule has 1 aliphatic rings. The highest BCUT2D eigenvalue weighted by Crippen LogP contribution is 2.46. The molecule has 3 nitrogen and oxygen atoms in total. The van der Waals surface area contributed by atoms with Gasteiger partial charge in [-0.05, 0) is 19.8 Å². The van der Waals surface area contributed by atoms with Crippen LogP contribution in [0.25, 0.3) is 0 Å². The fourth-order valence-electron chi connectivity index (χ4n) is 1.17. The Bertz CT molecular complexity index is 215. The summed E-state index contributed by atoms with van der Waals surface area (Å²) in [5.41, 5.74) is 0. The molecule has 0 saturated carbocycles. The van der Waals surface area contributed by atoms with Crippen molar-refractivity contribution in [2.75, 3.05) is 0 Å². The SMILES string of the molecule is CC(C)OC(=O)C1(Cl)OC1C(C)C. The fourth-order valence-corrected chi connectivity index (χ4v) is 1.57. The van der Waals surface area contributed by atoms with Crippen molar-refractivity contribution in [3.63, 3.8) is 0 Å². The van der Waals surface area contributed by atoms with Crippen LogP contribution < -0.4 is 0 Å². The Labute approximate surface area is 83.3 Å². The number of epoxide rings is 1. The van der Waals surface area contributed by atoms with Gasteiger partial charge in [-0.15, -0.1) is 0 Å². The predicted molar refractivity (Wildman–Crippen MR) is 49.5 cm³/mol. The summed E-state index contributed by atoms with van der Waals surface area (Å²) < 4.78 is 10.1. The Kier molecular flexibility index (Phi) is 2.88. The lowest BCUT2D eigenvalue weighted by Crippen LogP contribution is -2.27. The molecule has 0 bridgehead atoms. The number of halogens is 1. The van der Waals surface area contributed by atoms with E-state index in [1.165, 1.54) is 0 Å². The second-order valence-electron chi connectivity index (χ2n) is 3.88. The molecule has 0 radical (unpaired) electrons. The molecule has 76 valence electrons. The quantitative estimate of drug-likeness (QED) is 0.402. The number of hydrogen-bond donors (Lipinski definition) is 0. The van der Waals surface area contributed by atoms with Gasteiger partial charge in [-0.3, -0.25) is 0 Å². The smallest absolute Gasteiger partial charge is 0.357 e. The van der Waals surface area contributed by atoms with E-state index in [9.17, 15) is 4.79 Å². The Morgan fingerprint density at radius 3 is 2.31 bits per heavy atom. The first-order chi connectivity index (χ1) is 5.88. The van der Waals surface area contributed by atoms with E-state index >= 15 is 0 Å². The first-order valence-corrected chi connectivity index (χ1v) is 4.83. The monoisotopic (exact) mass is 206 g/mol. The van der Waals surface area contributed by atoms with Crippen molar-refractivity contribution in [2.24, 2.45) is 5.92 Å². The van der Waals surface area contributed by atoms with Gasteiger partial charge in [0.05, 0.1) is 6.10 Å². The van der Waals surface area contributed by atoms with Gasteiger partial charge in [0.1, 0.15) is 6.10 Å². The lowest BCUT2D eigenvalue weighted by Gasteiger charge is -2.09. The average molecular weight is 207 g/mol. The number of rotatable bonds is 3. The van der Waals surface area contributed by atoms with E-state index in [1.54, 1.807) is 13.8 Å². The molecule has 1 aliphatic heterocycles. The molecule has 1 saturated heterocycles. The molecule has 2 atom stereocenters. The molecule has 1 rings (SSSR count). The van der Waals surface area contributed by atoms with Gasteiger partial charge >= 0.3 is 5.97 Å². The molecule has 0 spiro atoms. The molecule has 0 aromatic carbocycles. The number of carbonyl (C=O) groups is 1. The summed E-state index contributed by atoms with van der Waals surface area (Å²) in [4.78, 5) is 11.4. The molecule has 0 amide bonds. The average Bonchev–Trinajstić information content (AvgIpc) is 2.62. The molecule has 13 heavy (non-hydrogen) atoms. The van der Waals surface area contributed by atoms with Crippen molar-refractivity contribution in [1.29, 1.82) is 0 Å². The van der Waals surface area contributed by atoms with E-state index in [0.29, 0.717) is 0 Å². The van der Waals surface area contributed by atoms with Gasteiger partial charge < -0.3 is 9.47 Å². The van der Waals surface area contributed by atoms with Crippen LogP contribution in [0.4, 0.5) is 0 Å². The number of carbonyl (C=O) groups excluding carboxylic acids is 1. The van der Waals surface area contributed by atoms with Crippen molar-refractivity contribution >= 4 is 17.6 Å². The summed E-state index contributed by atoms with van der Waals surface area (Å²) in [7, 11) is 0. The van der Waals surface area contributed by atoms with E-state index in [1.807, 2.05) is 13.8 Å². The minimum absolute atomic E-state index is 0.153. The van der Waals surface area contributed by atoms with Crippen molar-refractivity contribution in [3.05, 3.63) is 0 Å². The molecule has 0 aromatic heterocycles. The topological polar surface area (TPSA) is 38.8 Å². The molecular weight excluding hydrogens is 192 g/mol. The molecule has 2 unspecified atom stereocenters. The van der Waals surface area contributed by atoms with Gasteiger partial charge in [0.2, 0.25) is 0 Å². The van der Waals surface area contributed by atoms with Gasteiger partial charge in [-0.1, -0.05) is 25.4 Å². The summed E-state index contributed by atoms with van der Waals surface area (Å²) in [6, 6.07) is 0. The van der Waals surface area contributed by atoms with Crippen molar-refractivity contribution in [3.8, 4) is 0 Å². The van der Waals surface area contributed by atoms with Crippen molar-refractivity contribution < 1.29 is 14.3 Å². The fraction of sp³-hybridized carbons (Fsp3) is 0.889. The van der Waals surface area contributed by atoms with E-state index < -0.39 is 11.0 Å². The maximum atomic E-state index is 11.4. The number of hydrogen-bond acceptors (Lipinski definition) is 3. The normalized spacial score (nSPS) is 32.4. The lowest BCUT2D eigenvalue weighted by atomic mass is 10.1. The standard InChI is InChI=1S/C9H15ClO3/c1-5(2)7-9(10,13-7)8(11)12-6(3)4/h5-7H,1-4H3. The zero-order chi connectivity index (χ0) is 10.2. The molecule has 1 fully saturated rings. The van der Waals surface area contributed by atoms with Crippen LogP contribution >= 0.6 is 11.6 Å². The Morgan fingerprint density at radius 1 is 1.46 bits per heavy atom. The third-order valence-corrected chi connectivity index (χ3v) is 2.29. The minimum atomic E-state index is -1.21. The predicted octanol–water partition coefficient (Wildman–Crippen LogP) is 1.93. The van der Waals surface area contributed by atoms with Gasteiger partial charge in [0.25, 0.3) is 5.06 Å². The molecule has 0 aromatic rings.